The van der Waals surface area contributed by atoms with E-state index in [-0.39, 0.29) is 5.91 Å². The molecule has 1 amide bonds. The molecule has 0 radical (unpaired) electrons. The highest BCUT2D eigenvalue weighted by molar-refractivity contribution is 6.10. The molecule has 0 saturated carbocycles. The molecule has 0 spiro atoms. The van der Waals surface area contributed by atoms with Crippen molar-refractivity contribution in [1.82, 2.24) is 0 Å². The van der Waals surface area contributed by atoms with Gasteiger partial charge in [-0.2, -0.15) is 0 Å². The summed E-state index contributed by atoms with van der Waals surface area (Å²) in [5.41, 5.74) is 0.572. The van der Waals surface area contributed by atoms with Gasteiger partial charge in [0.05, 0.1) is 11.1 Å². The van der Waals surface area contributed by atoms with Crippen LogP contribution >= 0.6 is 0 Å². The molecule has 1 N–H and O–H groups in total. The number of para-hydroxylation sites is 1. The third-order valence-corrected chi connectivity index (χ3v) is 2.96. The molecule has 19 heavy (non-hydrogen) atoms. The molecular formula is C15H11NO3. The Morgan fingerprint density at radius 1 is 1.05 bits per heavy atom. The van der Waals surface area contributed by atoms with Gasteiger partial charge in [0.2, 0.25) is 5.91 Å². The average Bonchev–Trinajstić information content (AvgIpc) is 2.38. The van der Waals surface area contributed by atoms with Crippen LogP contribution in [0.2, 0.25) is 0 Å². The van der Waals surface area contributed by atoms with Crippen LogP contribution < -0.4 is 10.9 Å². The third kappa shape index (κ3) is 1.87. The van der Waals surface area contributed by atoms with Crippen molar-refractivity contribution in [2.24, 2.45) is 0 Å². The predicted molar refractivity (Wildman–Crippen MR) is 74.3 cm³/mol. The van der Waals surface area contributed by atoms with Gasteiger partial charge >= 0.3 is 5.63 Å². The molecule has 4 heteroatoms. The number of nitrogens with one attached hydrogen (secondary N) is 1. The zero-order valence-electron chi connectivity index (χ0n) is 10.3. The van der Waals surface area contributed by atoms with Gasteiger partial charge in [0, 0.05) is 17.7 Å². The Morgan fingerprint density at radius 2 is 1.79 bits per heavy atom. The standard InChI is InChI=1S/C15H11NO3/c1-9(17)16-12-7-4-6-11-10-5-2-3-8-13(10)19-15(18)14(11)12/h2-8H,1H3,(H,16,17). The fraction of sp³-hybridized carbons (Fsp3) is 0.0667. The van der Waals surface area contributed by atoms with E-state index in [0.29, 0.717) is 16.7 Å². The van der Waals surface area contributed by atoms with E-state index < -0.39 is 5.63 Å². The number of amides is 1. The van der Waals surface area contributed by atoms with Gasteiger partial charge in [0.15, 0.2) is 0 Å². The zero-order valence-corrected chi connectivity index (χ0v) is 10.3. The zero-order chi connectivity index (χ0) is 13.4. The summed E-state index contributed by atoms with van der Waals surface area (Å²) >= 11 is 0. The highest BCUT2D eigenvalue weighted by atomic mass is 16.4. The number of rotatable bonds is 1. The Labute approximate surface area is 108 Å². The molecular weight excluding hydrogens is 242 g/mol. The minimum atomic E-state index is -0.446. The first kappa shape index (κ1) is 11.5. The van der Waals surface area contributed by atoms with Crippen LogP contribution in [0.5, 0.6) is 0 Å². The Hall–Kier alpha value is -2.62. The Kier molecular flexibility index (Phi) is 2.56. The first-order valence-corrected chi connectivity index (χ1v) is 5.89. The lowest BCUT2D eigenvalue weighted by atomic mass is 10.1. The number of carbonyl (C=O) groups excluding carboxylic acids is 1. The molecule has 3 aromatic rings. The highest BCUT2D eigenvalue weighted by Crippen LogP contribution is 2.27. The molecule has 3 rings (SSSR count). The van der Waals surface area contributed by atoms with Gasteiger partial charge in [0.25, 0.3) is 0 Å². The molecule has 0 atom stereocenters. The van der Waals surface area contributed by atoms with E-state index in [9.17, 15) is 9.59 Å². The third-order valence-electron chi connectivity index (χ3n) is 2.96. The van der Waals surface area contributed by atoms with E-state index in [2.05, 4.69) is 5.32 Å². The summed E-state index contributed by atoms with van der Waals surface area (Å²) in [6.07, 6.45) is 0. The van der Waals surface area contributed by atoms with Crippen LogP contribution in [0.4, 0.5) is 5.69 Å². The number of hydrogen-bond acceptors (Lipinski definition) is 3. The minimum Gasteiger partial charge on any atom is -0.422 e. The molecule has 0 unspecified atom stereocenters. The molecule has 0 fully saturated rings. The molecule has 94 valence electrons. The van der Waals surface area contributed by atoms with Crippen molar-refractivity contribution < 1.29 is 9.21 Å². The van der Waals surface area contributed by atoms with Gasteiger partial charge in [-0.05, 0) is 12.1 Å². The van der Waals surface area contributed by atoms with Crippen molar-refractivity contribution >= 4 is 33.3 Å². The van der Waals surface area contributed by atoms with Gasteiger partial charge < -0.3 is 9.73 Å². The average molecular weight is 253 g/mol. The summed E-state index contributed by atoms with van der Waals surface area (Å²) in [6.45, 7) is 1.40. The monoisotopic (exact) mass is 253 g/mol. The number of fused-ring (bicyclic) bond motifs is 3. The van der Waals surface area contributed by atoms with Crippen LogP contribution in [0.3, 0.4) is 0 Å². The molecule has 2 aromatic carbocycles. The second kappa shape index (κ2) is 4.24. The summed E-state index contributed by atoms with van der Waals surface area (Å²) in [5.74, 6) is -0.222. The van der Waals surface area contributed by atoms with Crippen LogP contribution in [0.25, 0.3) is 21.7 Å². The second-order valence-electron chi connectivity index (χ2n) is 4.29. The maximum absolute atomic E-state index is 12.1. The number of hydrogen-bond donors (Lipinski definition) is 1. The maximum Gasteiger partial charge on any atom is 0.346 e. The lowest BCUT2D eigenvalue weighted by molar-refractivity contribution is -0.114. The molecule has 1 heterocycles. The van der Waals surface area contributed by atoms with Gasteiger partial charge in [0.1, 0.15) is 5.58 Å². The molecule has 0 aliphatic heterocycles. The minimum absolute atomic E-state index is 0.222. The quantitative estimate of drug-likeness (QED) is 0.536. The van der Waals surface area contributed by atoms with Gasteiger partial charge in [-0.15, -0.1) is 0 Å². The van der Waals surface area contributed by atoms with Gasteiger partial charge in [-0.25, -0.2) is 4.79 Å². The Morgan fingerprint density at radius 3 is 2.58 bits per heavy atom. The summed E-state index contributed by atoms with van der Waals surface area (Å²) < 4.78 is 5.29. The predicted octanol–water partition coefficient (Wildman–Crippen LogP) is 2.90. The SMILES string of the molecule is CC(=O)Nc1cccc2c1c(=O)oc1ccccc12. The van der Waals surface area contributed by atoms with E-state index in [1.165, 1.54) is 6.92 Å². The largest absolute Gasteiger partial charge is 0.422 e. The second-order valence-corrected chi connectivity index (χ2v) is 4.29. The fourth-order valence-corrected chi connectivity index (χ4v) is 2.22. The summed E-state index contributed by atoms with van der Waals surface area (Å²) in [6, 6.07) is 12.7. The van der Waals surface area contributed by atoms with Gasteiger partial charge in [-0.3, -0.25) is 4.79 Å². The molecule has 4 nitrogen and oxygen atoms in total. The first-order chi connectivity index (χ1) is 9.16. The fourth-order valence-electron chi connectivity index (χ4n) is 2.22. The summed E-state index contributed by atoms with van der Waals surface area (Å²) in [5, 5.41) is 4.68. The van der Waals surface area contributed by atoms with Crippen molar-refractivity contribution in [3.8, 4) is 0 Å². The summed E-state index contributed by atoms with van der Waals surface area (Å²) in [4.78, 5) is 23.3. The van der Waals surface area contributed by atoms with Crippen molar-refractivity contribution in [3.05, 3.63) is 52.9 Å². The lowest BCUT2D eigenvalue weighted by Crippen LogP contribution is -2.10. The number of carbonyl (C=O) groups is 1. The number of benzene rings is 2. The van der Waals surface area contributed by atoms with Crippen LogP contribution in [-0.2, 0) is 4.79 Å². The normalized spacial score (nSPS) is 10.8. The molecule has 0 aliphatic rings. The van der Waals surface area contributed by atoms with Crippen LogP contribution in [0.15, 0.2) is 51.7 Å². The Balaban J connectivity index is 2.47. The van der Waals surface area contributed by atoms with Crippen LogP contribution in [-0.4, -0.2) is 5.91 Å². The Bertz CT molecular complexity index is 849. The van der Waals surface area contributed by atoms with E-state index in [0.717, 1.165) is 10.8 Å². The first-order valence-electron chi connectivity index (χ1n) is 5.89. The van der Waals surface area contributed by atoms with Crippen molar-refractivity contribution in [1.29, 1.82) is 0 Å². The van der Waals surface area contributed by atoms with Crippen molar-refractivity contribution in [2.45, 2.75) is 6.92 Å². The van der Waals surface area contributed by atoms with Gasteiger partial charge in [-0.1, -0.05) is 30.3 Å². The molecule has 0 aliphatic carbocycles. The van der Waals surface area contributed by atoms with Crippen LogP contribution in [0, 0.1) is 0 Å². The highest BCUT2D eigenvalue weighted by Gasteiger charge is 2.11. The topological polar surface area (TPSA) is 59.3 Å². The van der Waals surface area contributed by atoms with E-state index >= 15 is 0 Å². The van der Waals surface area contributed by atoms with E-state index in [4.69, 9.17) is 4.42 Å². The molecule has 0 saturated heterocycles. The smallest absolute Gasteiger partial charge is 0.346 e. The lowest BCUT2D eigenvalue weighted by Gasteiger charge is -2.07. The van der Waals surface area contributed by atoms with E-state index in [1.807, 2.05) is 24.3 Å². The molecule has 1 aromatic heterocycles. The summed E-state index contributed by atoms with van der Waals surface area (Å²) in [7, 11) is 0. The van der Waals surface area contributed by atoms with Crippen molar-refractivity contribution in [2.75, 3.05) is 5.32 Å². The van der Waals surface area contributed by atoms with Crippen molar-refractivity contribution in [3.63, 3.8) is 0 Å². The van der Waals surface area contributed by atoms with E-state index in [1.54, 1.807) is 18.2 Å². The maximum atomic E-state index is 12.1. The van der Waals surface area contributed by atoms with Crippen LogP contribution in [0.1, 0.15) is 6.92 Å². The molecule has 0 bridgehead atoms. The number of anilines is 1.